The number of likely N-dealkylation sites (tertiary alicyclic amines) is 1. The second kappa shape index (κ2) is 6.17. The van der Waals surface area contributed by atoms with Crippen molar-refractivity contribution in [3.8, 4) is 0 Å². The van der Waals surface area contributed by atoms with Gasteiger partial charge in [-0.25, -0.2) is 0 Å². The maximum absolute atomic E-state index is 5.97. The van der Waals surface area contributed by atoms with Crippen molar-refractivity contribution in [2.75, 3.05) is 33.2 Å². The molecule has 1 aliphatic carbocycles. The summed E-state index contributed by atoms with van der Waals surface area (Å²) in [4.78, 5) is 5.17. The topological polar surface area (TPSA) is 32.5 Å². The van der Waals surface area contributed by atoms with Crippen molar-refractivity contribution >= 4 is 0 Å². The molecule has 1 heterocycles. The highest BCUT2D eigenvalue weighted by molar-refractivity contribution is 4.88. The second-order valence-corrected chi connectivity index (χ2v) is 5.86. The molecule has 3 nitrogen and oxygen atoms in total. The predicted molar refractivity (Wildman–Crippen MR) is 73.1 cm³/mol. The maximum atomic E-state index is 5.97. The molecule has 2 N–H and O–H groups in total. The molecule has 2 atom stereocenters. The van der Waals surface area contributed by atoms with E-state index in [9.17, 15) is 0 Å². The predicted octanol–water partition coefficient (Wildman–Crippen LogP) is 1.53. The Balaban J connectivity index is 1.83. The fourth-order valence-corrected chi connectivity index (χ4v) is 3.54. The molecular weight excluding hydrogens is 210 g/mol. The molecule has 0 bridgehead atoms. The molecule has 0 spiro atoms. The lowest BCUT2D eigenvalue weighted by atomic mass is 9.79. The Morgan fingerprint density at radius 3 is 2.59 bits per heavy atom. The first-order valence-electron chi connectivity index (χ1n) is 7.40. The molecule has 1 saturated heterocycles. The third kappa shape index (κ3) is 3.01. The zero-order valence-electron chi connectivity index (χ0n) is 11.6. The molecule has 2 rings (SSSR count). The largest absolute Gasteiger partial charge is 0.329 e. The van der Waals surface area contributed by atoms with Gasteiger partial charge < -0.3 is 10.6 Å². The van der Waals surface area contributed by atoms with Crippen molar-refractivity contribution in [3.05, 3.63) is 0 Å². The van der Waals surface area contributed by atoms with Crippen LogP contribution in [0.5, 0.6) is 0 Å². The summed E-state index contributed by atoms with van der Waals surface area (Å²) in [6.07, 6.45) is 6.96. The van der Waals surface area contributed by atoms with Gasteiger partial charge in [-0.1, -0.05) is 13.3 Å². The van der Waals surface area contributed by atoms with E-state index >= 15 is 0 Å². The molecule has 1 aliphatic heterocycles. The van der Waals surface area contributed by atoms with Crippen LogP contribution in [0.25, 0.3) is 0 Å². The quantitative estimate of drug-likeness (QED) is 0.763. The fraction of sp³-hybridized carbons (Fsp3) is 1.00. The van der Waals surface area contributed by atoms with Gasteiger partial charge in [-0.3, -0.25) is 4.90 Å². The zero-order chi connectivity index (χ0) is 12.3. The van der Waals surface area contributed by atoms with E-state index in [0.29, 0.717) is 6.04 Å². The van der Waals surface area contributed by atoms with E-state index in [1.54, 1.807) is 0 Å². The number of hydrogen-bond donors (Lipinski definition) is 1. The minimum Gasteiger partial charge on any atom is -0.329 e. The third-order valence-corrected chi connectivity index (χ3v) is 4.91. The van der Waals surface area contributed by atoms with Crippen molar-refractivity contribution in [2.24, 2.45) is 11.7 Å². The number of nitrogens with two attached hydrogens (primary N) is 1. The SMILES string of the molecule is CCN1CCCC1CN(C)C(CN)C1CCC1. The summed E-state index contributed by atoms with van der Waals surface area (Å²) in [5, 5.41) is 0. The summed E-state index contributed by atoms with van der Waals surface area (Å²) in [5.74, 6) is 0.876. The molecular formula is C14H29N3. The Labute approximate surface area is 106 Å². The van der Waals surface area contributed by atoms with E-state index in [2.05, 4.69) is 23.8 Å². The third-order valence-electron chi connectivity index (χ3n) is 4.91. The lowest BCUT2D eigenvalue weighted by molar-refractivity contribution is 0.0970. The van der Waals surface area contributed by atoms with Crippen LogP contribution in [0.4, 0.5) is 0 Å². The van der Waals surface area contributed by atoms with Crippen molar-refractivity contribution in [3.63, 3.8) is 0 Å². The van der Waals surface area contributed by atoms with Crippen LogP contribution in [0, 0.1) is 5.92 Å². The summed E-state index contributed by atoms with van der Waals surface area (Å²) in [5.41, 5.74) is 5.97. The molecule has 0 aromatic rings. The molecule has 0 aromatic carbocycles. The molecule has 100 valence electrons. The Bertz CT molecular complexity index is 228. The summed E-state index contributed by atoms with van der Waals surface area (Å²) in [6.45, 7) is 6.83. The van der Waals surface area contributed by atoms with Crippen LogP contribution in [0.2, 0.25) is 0 Å². The van der Waals surface area contributed by atoms with E-state index in [1.165, 1.54) is 51.7 Å². The Kier molecular flexibility index (Phi) is 4.83. The van der Waals surface area contributed by atoms with Gasteiger partial charge in [0.1, 0.15) is 0 Å². The first-order chi connectivity index (χ1) is 8.26. The minimum absolute atomic E-state index is 0.628. The van der Waals surface area contributed by atoms with Gasteiger partial charge in [-0.2, -0.15) is 0 Å². The Hall–Kier alpha value is -0.120. The molecule has 0 radical (unpaired) electrons. The van der Waals surface area contributed by atoms with Crippen LogP contribution in [-0.4, -0.2) is 55.1 Å². The van der Waals surface area contributed by atoms with Crippen LogP contribution in [0.3, 0.4) is 0 Å². The normalized spacial score (nSPS) is 28.6. The van der Waals surface area contributed by atoms with Gasteiger partial charge in [-0.15, -0.1) is 0 Å². The maximum Gasteiger partial charge on any atom is 0.0244 e. The van der Waals surface area contributed by atoms with Gasteiger partial charge in [-0.05, 0) is 51.7 Å². The van der Waals surface area contributed by atoms with E-state index in [4.69, 9.17) is 5.73 Å². The number of nitrogens with zero attached hydrogens (tertiary/aromatic N) is 2. The lowest BCUT2D eigenvalue weighted by Crippen LogP contribution is -2.50. The monoisotopic (exact) mass is 239 g/mol. The summed E-state index contributed by atoms with van der Waals surface area (Å²) < 4.78 is 0. The smallest absolute Gasteiger partial charge is 0.0244 e. The molecule has 0 aromatic heterocycles. The number of hydrogen-bond acceptors (Lipinski definition) is 3. The highest BCUT2D eigenvalue weighted by atomic mass is 15.2. The van der Waals surface area contributed by atoms with Gasteiger partial charge in [0.2, 0.25) is 0 Å². The van der Waals surface area contributed by atoms with E-state index < -0.39 is 0 Å². The molecule has 1 saturated carbocycles. The number of likely N-dealkylation sites (N-methyl/N-ethyl adjacent to an activating group) is 2. The van der Waals surface area contributed by atoms with Crippen LogP contribution in [-0.2, 0) is 0 Å². The molecule has 2 unspecified atom stereocenters. The van der Waals surface area contributed by atoms with Gasteiger partial charge >= 0.3 is 0 Å². The van der Waals surface area contributed by atoms with Crippen LogP contribution in [0.1, 0.15) is 39.0 Å². The zero-order valence-corrected chi connectivity index (χ0v) is 11.6. The first-order valence-corrected chi connectivity index (χ1v) is 7.40. The number of rotatable bonds is 6. The fourth-order valence-electron chi connectivity index (χ4n) is 3.54. The van der Waals surface area contributed by atoms with Crippen molar-refractivity contribution in [1.29, 1.82) is 0 Å². The van der Waals surface area contributed by atoms with Gasteiger partial charge in [0.15, 0.2) is 0 Å². The second-order valence-electron chi connectivity index (χ2n) is 5.86. The highest BCUT2D eigenvalue weighted by Gasteiger charge is 2.32. The average Bonchev–Trinajstić information content (AvgIpc) is 2.70. The summed E-state index contributed by atoms with van der Waals surface area (Å²) >= 11 is 0. The summed E-state index contributed by atoms with van der Waals surface area (Å²) in [6, 6.07) is 1.40. The highest BCUT2D eigenvalue weighted by Crippen LogP contribution is 2.32. The van der Waals surface area contributed by atoms with Gasteiger partial charge in [0.25, 0.3) is 0 Å². The van der Waals surface area contributed by atoms with Crippen LogP contribution in [0.15, 0.2) is 0 Å². The van der Waals surface area contributed by atoms with E-state index in [-0.39, 0.29) is 0 Å². The average molecular weight is 239 g/mol. The standard InChI is InChI=1S/C14H29N3/c1-3-17-9-5-8-13(17)11-16(2)14(10-15)12-6-4-7-12/h12-14H,3-11,15H2,1-2H3. The minimum atomic E-state index is 0.628. The van der Waals surface area contributed by atoms with Crippen LogP contribution >= 0.6 is 0 Å². The van der Waals surface area contributed by atoms with Crippen molar-refractivity contribution in [2.45, 2.75) is 51.1 Å². The van der Waals surface area contributed by atoms with Crippen molar-refractivity contribution in [1.82, 2.24) is 9.80 Å². The van der Waals surface area contributed by atoms with Crippen LogP contribution < -0.4 is 5.73 Å². The molecule has 3 heteroatoms. The lowest BCUT2D eigenvalue weighted by Gasteiger charge is -2.40. The van der Waals surface area contributed by atoms with Gasteiger partial charge in [0, 0.05) is 25.2 Å². The Morgan fingerprint density at radius 2 is 2.06 bits per heavy atom. The first kappa shape index (κ1) is 13.3. The molecule has 2 aliphatic rings. The van der Waals surface area contributed by atoms with E-state index in [0.717, 1.165) is 18.5 Å². The van der Waals surface area contributed by atoms with Gasteiger partial charge in [0.05, 0.1) is 0 Å². The molecule has 0 amide bonds. The molecule has 17 heavy (non-hydrogen) atoms. The summed E-state index contributed by atoms with van der Waals surface area (Å²) in [7, 11) is 2.28. The molecule has 2 fully saturated rings. The van der Waals surface area contributed by atoms with E-state index in [1.807, 2.05) is 0 Å². The van der Waals surface area contributed by atoms with Crippen molar-refractivity contribution < 1.29 is 0 Å². The Morgan fingerprint density at radius 1 is 1.29 bits per heavy atom.